The molecule has 1 saturated heterocycles. The van der Waals surface area contributed by atoms with Crippen LogP contribution in [0.1, 0.15) is 24.5 Å². The number of rotatable bonds is 6. The molecule has 0 aliphatic carbocycles. The van der Waals surface area contributed by atoms with E-state index in [0.717, 1.165) is 31.2 Å². The van der Waals surface area contributed by atoms with E-state index in [-0.39, 0.29) is 12.1 Å². The second kappa shape index (κ2) is 8.17. The van der Waals surface area contributed by atoms with Crippen molar-refractivity contribution in [1.29, 1.82) is 0 Å². The van der Waals surface area contributed by atoms with E-state index in [9.17, 15) is 4.79 Å². The van der Waals surface area contributed by atoms with Crippen LogP contribution < -0.4 is 10.6 Å². The number of hydrogen-bond donors (Lipinski definition) is 2. The first-order chi connectivity index (χ1) is 12.2. The SMILES string of the molecule is CCn1cc(NC(=O)NC[C@@H](c2ccc(C)o2)N2CCOCC2)cn1. The summed E-state index contributed by atoms with van der Waals surface area (Å²) in [6, 6.07) is 3.65. The van der Waals surface area contributed by atoms with Crippen molar-refractivity contribution >= 4 is 11.7 Å². The summed E-state index contributed by atoms with van der Waals surface area (Å²) in [4.78, 5) is 14.5. The van der Waals surface area contributed by atoms with Crippen LogP contribution in [0.3, 0.4) is 0 Å². The first-order valence-electron chi connectivity index (χ1n) is 8.61. The van der Waals surface area contributed by atoms with Gasteiger partial charge in [0, 0.05) is 32.4 Å². The van der Waals surface area contributed by atoms with Crippen LogP contribution in [0.5, 0.6) is 0 Å². The minimum absolute atomic E-state index is 0.0123. The molecule has 1 aliphatic heterocycles. The van der Waals surface area contributed by atoms with E-state index < -0.39 is 0 Å². The monoisotopic (exact) mass is 347 g/mol. The predicted octanol–water partition coefficient (Wildman–Crippen LogP) is 2.00. The minimum Gasteiger partial charge on any atom is -0.465 e. The van der Waals surface area contributed by atoms with Gasteiger partial charge in [-0.3, -0.25) is 9.58 Å². The highest BCUT2D eigenvalue weighted by atomic mass is 16.5. The topological polar surface area (TPSA) is 84.6 Å². The average Bonchev–Trinajstić information content (AvgIpc) is 3.25. The summed E-state index contributed by atoms with van der Waals surface area (Å²) in [5.41, 5.74) is 0.677. The van der Waals surface area contributed by atoms with Crippen molar-refractivity contribution in [3.05, 3.63) is 36.0 Å². The maximum atomic E-state index is 12.2. The lowest BCUT2D eigenvalue weighted by atomic mass is 10.1. The summed E-state index contributed by atoms with van der Waals surface area (Å²) in [6.45, 7) is 8.16. The Morgan fingerprint density at radius 1 is 1.36 bits per heavy atom. The average molecular weight is 347 g/mol. The van der Waals surface area contributed by atoms with Gasteiger partial charge in [-0.25, -0.2) is 4.79 Å². The van der Waals surface area contributed by atoms with E-state index in [1.54, 1.807) is 17.1 Å². The Labute approximate surface area is 147 Å². The van der Waals surface area contributed by atoms with Gasteiger partial charge in [-0.15, -0.1) is 0 Å². The minimum atomic E-state index is -0.253. The Balaban J connectivity index is 1.60. The molecule has 3 heterocycles. The first-order valence-corrected chi connectivity index (χ1v) is 8.61. The van der Waals surface area contributed by atoms with E-state index in [1.807, 2.05) is 26.0 Å². The van der Waals surface area contributed by atoms with Crippen LogP contribution in [-0.2, 0) is 11.3 Å². The number of carbonyl (C=O) groups is 1. The number of ether oxygens (including phenoxy) is 1. The Kier molecular flexibility index (Phi) is 5.72. The van der Waals surface area contributed by atoms with E-state index >= 15 is 0 Å². The summed E-state index contributed by atoms with van der Waals surface area (Å²) < 4.78 is 13.0. The van der Waals surface area contributed by atoms with Crippen LogP contribution in [-0.4, -0.2) is 53.6 Å². The van der Waals surface area contributed by atoms with Gasteiger partial charge in [-0.2, -0.15) is 5.10 Å². The van der Waals surface area contributed by atoms with E-state index in [2.05, 4.69) is 20.6 Å². The van der Waals surface area contributed by atoms with E-state index in [1.165, 1.54) is 0 Å². The maximum absolute atomic E-state index is 12.2. The molecule has 1 aliphatic rings. The third-order valence-corrected chi connectivity index (χ3v) is 4.25. The zero-order valence-electron chi connectivity index (χ0n) is 14.7. The summed E-state index contributed by atoms with van der Waals surface area (Å²) in [6.07, 6.45) is 3.44. The number of urea groups is 1. The van der Waals surface area contributed by atoms with Crippen LogP contribution >= 0.6 is 0 Å². The lowest BCUT2D eigenvalue weighted by Crippen LogP contribution is -2.44. The van der Waals surface area contributed by atoms with Crippen LogP contribution in [0.4, 0.5) is 10.5 Å². The van der Waals surface area contributed by atoms with Crippen molar-refractivity contribution < 1.29 is 13.9 Å². The molecule has 1 atom stereocenters. The molecule has 25 heavy (non-hydrogen) atoms. The van der Waals surface area contributed by atoms with Crippen molar-refractivity contribution in [3.8, 4) is 0 Å². The lowest BCUT2D eigenvalue weighted by molar-refractivity contribution is 0.0122. The number of hydrogen-bond acceptors (Lipinski definition) is 5. The summed E-state index contributed by atoms with van der Waals surface area (Å²) >= 11 is 0. The lowest BCUT2D eigenvalue weighted by Gasteiger charge is -2.33. The zero-order valence-corrected chi connectivity index (χ0v) is 14.7. The van der Waals surface area contributed by atoms with Gasteiger partial charge < -0.3 is 19.8 Å². The highest BCUT2D eigenvalue weighted by Gasteiger charge is 2.25. The van der Waals surface area contributed by atoms with Crippen molar-refractivity contribution in [2.75, 3.05) is 38.2 Å². The van der Waals surface area contributed by atoms with Crippen molar-refractivity contribution in [3.63, 3.8) is 0 Å². The Hall–Kier alpha value is -2.32. The molecule has 0 radical (unpaired) electrons. The molecule has 1 fully saturated rings. The molecule has 136 valence electrons. The molecule has 0 unspecified atom stereocenters. The third kappa shape index (κ3) is 4.61. The van der Waals surface area contributed by atoms with Gasteiger partial charge in [-0.1, -0.05) is 0 Å². The molecule has 0 spiro atoms. The fourth-order valence-corrected chi connectivity index (χ4v) is 2.90. The number of nitrogens with one attached hydrogen (secondary N) is 2. The fourth-order valence-electron chi connectivity index (χ4n) is 2.90. The van der Waals surface area contributed by atoms with E-state index in [0.29, 0.717) is 25.4 Å². The molecular formula is C17H25N5O3. The van der Waals surface area contributed by atoms with Crippen LogP contribution in [0.15, 0.2) is 28.9 Å². The standard InChI is InChI=1S/C17H25N5O3/c1-3-22-12-14(10-19-22)20-17(23)18-11-15(16-5-4-13(2)25-16)21-6-8-24-9-7-21/h4-5,10,12,15H,3,6-9,11H2,1-2H3,(H2,18,20,23)/t15-/m0/s1. The number of aromatic nitrogens is 2. The Morgan fingerprint density at radius 3 is 2.80 bits per heavy atom. The smallest absolute Gasteiger partial charge is 0.319 e. The van der Waals surface area contributed by atoms with Gasteiger partial charge >= 0.3 is 6.03 Å². The summed E-state index contributed by atoms with van der Waals surface area (Å²) in [7, 11) is 0. The number of morpholine rings is 1. The van der Waals surface area contributed by atoms with Gasteiger partial charge in [0.2, 0.25) is 0 Å². The van der Waals surface area contributed by atoms with Crippen molar-refractivity contribution in [2.24, 2.45) is 0 Å². The molecule has 8 heteroatoms. The molecule has 0 aromatic carbocycles. The Morgan fingerprint density at radius 2 is 2.16 bits per heavy atom. The number of furan rings is 1. The fraction of sp³-hybridized carbons (Fsp3) is 0.529. The molecule has 0 saturated carbocycles. The summed E-state index contributed by atoms with van der Waals surface area (Å²) in [5, 5.41) is 9.88. The molecule has 2 amide bonds. The second-order valence-corrected chi connectivity index (χ2v) is 6.03. The number of anilines is 1. The number of aryl methyl sites for hydroxylation is 2. The van der Waals surface area contributed by atoms with Crippen molar-refractivity contribution in [2.45, 2.75) is 26.4 Å². The van der Waals surface area contributed by atoms with Gasteiger partial charge in [-0.05, 0) is 26.0 Å². The highest BCUT2D eigenvalue weighted by molar-refractivity contribution is 5.88. The molecule has 0 bridgehead atoms. The number of amides is 2. The quantitative estimate of drug-likeness (QED) is 0.835. The molecule has 3 rings (SSSR count). The zero-order chi connectivity index (χ0) is 17.6. The molecular weight excluding hydrogens is 322 g/mol. The maximum Gasteiger partial charge on any atom is 0.319 e. The van der Waals surface area contributed by atoms with Gasteiger partial charge in [0.25, 0.3) is 0 Å². The first kappa shape index (κ1) is 17.5. The molecule has 2 N–H and O–H groups in total. The second-order valence-electron chi connectivity index (χ2n) is 6.03. The molecule has 8 nitrogen and oxygen atoms in total. The largest absolute Gasteiger partial charge is 0.465 e. The van der Waals surface area contributed by atoms with Gasteiger partial charge in [0.1, 0.15) is 11.5 Å². The van der Waals surface area contributed by atoms with Crippen molar-refractivity contribution in [1.82, 2.24) is 20.0 Å². The van der Waals surface area contributed by atoms with E-state index in [4.69, 9.17) is 9.15 Å². The number of nitrogens with zero attached hydrogens (tertiary/aromatic N) is 3. The van der Waals surface area contributed by atoms with Crippen LogP contribution in [0.2, 0.25) is 0 Å². The highest BCUT2D eigenvalue weighted by Crippen LogP contribution is 2.23. The number of carbonyl (C=O) groups excluding carboxylic acids is 1. The third-order valence-electron chi connectivity index (χ3n) is 4.25. The van der Waals surface area contributed by atoms with Crippen LogP contribution in [0.25, 0.3) is 0 Å². The summed E-state index contributed by atoms with van der Waals surface area (Å²) in [5.74, 6) is 1.73. The predicted molar refractivity (Wildman–Crippen MR) is 93.5 cm³/mol. The molecule has 2 aromatic heterocycles. The van der Waals surface area contributed by atoms with Gasteiger partial charge in [0.15, 0.2) is 0 Å². The normalized spacial score (nSPS) is 16.6. The van der Waals surface area contributed by atoms with Gasteiger partial charge in [0.05, 0.1) is 31.1 Å². The molecule has 2 aromatic rings. The van der Waals surface area contributed by atoms with Crippen LogP contribution in [0, 0.1) is 6.92 Å². The Bertz CT molecular complexity index is 690.